The first-order valence-electron chi connectivity index (χ1n) is 11.3. The highest BCUT2D eigenvalue weighted by Crippen LogP contribution is 2.20. The van der Waals surface area contributed by atoms with Crippen molar-refractivity contribution in [3.8, 4) is 0 Å². The van der Waals surface area contributed by atoms with Crippen molar-refractivity contribution in [2.75, 3.05) is 51.1 Å². The number of hydroxylamine groups is 2. The number of piperazine rings is 1. The lowest BCUT2D eigenvalue weighted by Crippen LogP contribution is -2.47. The summed E-state index contributed by atoms with van der Waals surface area (Å²) in [6.07, 6.45) is 2.63. The van der Waals surface area contributed by atoms with Gasteiger partial charge in [-0.1, -0.05) is 24.3 Å². The molecule has 7 heteroatoms. The quantitative estimate of drug-likeness (QED) is 0.448. The third-order valence-electron chi connectivity index (χ3n) is 5.99. The van der Waals surface area contributed by atoms with Gasteiger partial charge in [0.25, 0.3) is 5.91 Å². The van der Waals surface area contributed by atoms with Crippen molar-refractivity contribution in [3.05, 3.63) is 59.7 Å². The summed E-state index contributed by atoms with van der Waals surface area (Å²) in [6, 6.07) is 16.4. The summed E-state index contributed by atoms with van der Waals surface area (Å²) in [7, 11) is 0. The monoisotopic (exact) mass is 423 g/mol. The molecule has 0 radical (unpaired) electrons. The molecule has 2 heterocycles. The fourth-order valence-corrected chi connectivity index (χ4v) is 4.16. The Balaban J connectivity index is 1.25. The average Bonchev–Trinajstić information content (AvgIpc) is 3.30. The highest BCUT2D eigenvalue weighted by molar-refractivity contribution is 5.77. The molecular formula is C24H33N5O2. The third-order valence-corrected chi connectivity index (χ3v) is 5.99. The molecule has 0 saturated carbocycles. The number of benzene rings is 2. The van der Waals surface area contributed by atoms with E-state index >= 15 is 0 Å². The molecule has 0 spiro atoms. The first-order chi connectivity index (χ1) is 15.2. The first-order valence-corrected chi connectivity index (χ1v) is 11.3. The van der Waals surface area contributed by atoms with Crippen molar-refractivity contribution in [2.45, 2.75) is 25.9 Å². The van der Waals surface area contributed by atoms with Gasteiger partial charge in [0.1, 0.15) is 0 Å². The van der Waals surface area contributed by atoms with Crippen LogP contribution in [0.3, 0.4) is 0 Å². The minimum atomic E-state index is -0.266. The van der Waals surface area contributed by atoms with Gasteiger partial charge < -0.3 is 10.6 Å². The summed E-state index contributed by atoms with van der Waals surface area (Å²) in [6.45, 7) is 7.32. The highest BCUT2D eigenvalue weighted by atomic mass is 16.5. The molecule has 3 N–H and O–H groups in total. The van der Waals surface area contributed by atoms with Gasteiger partial charge in [-0.15, -0.1) is 0 Å². The number of hydrogen-bond acceptors (Lipinski definition) is 6. The lowest BCUT2D eigenvalue weighted by atomic mass is 10.1. The standard InChI is InChI=1S/C24H33N5O2/c30-24(19-28-15-11-25-12-16-28)29(31)18-21-5-9-23(10-6-21)26-22-7-3-20(4-8-22)17-27-13-1-2-14-27/h3-10,25-26,31H,1-2,11-19H2. The average molecular weight is 424 g/mol. The Hall–Kier alpha value is -2.45. The molecule has 0 aliphatic carbocycles. The lowest BCUT2D eigenvalue weighted by Gasteiger charge is -2.27. The van der Waals surface area contributed by atoms with Crippen LogP contribution in [-0.4, -0.2) is 71.8 Å². The van der Waals surface area contributed by atoms with Gasteiger partial charge in [0.2, 0.25) is 0 Å². The first kappa shape index (κ1) is 21.8. The van der Waals surface area contributed by atoms with Crippen molar-refractivity contribution in [2.24, 2.45) is 0 Å². The molecule has 2 aliphatic rings. The van der Waals surface area contributed by atoms with Crippen molar-refractivity contribution in [1.82, 2.24) is 20.2 Å². The van der Waals surface area contributed by atoms with Crippen LogP contribution in [0.15, 0.2) is 48.5 Å². The van der Waals surface area contributed by atoms with Gasteiger partial charge in [0.15, 0.2) is 0 Å². The van der Waals surface area contributed by atoms with E-state index in [1.165, 1.54) is 31.5 Å². The maximum Gasteiger partial charge on any atom is 0.260 e. The molecule has 2 aromatic rings. The Morgan fingerprint density at radius 1 is 0.871 bits per heavy atom. The molecule has 4 rings (SSSR count). The van der Waals surface area contributed by atoms with Crippen molar-refractivity contribution < 1.29 is 10.0 Å². The fraction of sp³-hybridized carbons (Fsp3) is 0.458. The number of rotatable bonds is 8. The Bertz CT molecular complexity index is 828. The Kier molecular flexibility index (Phi) is 7.53. The van der Waals surface area contributed by atoms with Crippen LogP contribution < -0.4 is 10.6 Å². The number of likely N-dealkylation sites (tertiary alicyclic amines) is 1. The van der Waals surface area contributed by atoms with Crippen LogP contribution in [0.5, 0.6) is 0 Å². The molecule has 166 valence electrons. The molecule has 31 heavy (non-hydrogen) atoms. The minimum absolute atomic E-state index is 0.191. The smallest absolute Gasteiger partial charge is 0.260 e. The van der Waals surface area contributed by atoms with Crippen LogP contribution in [0.4, 0.5) is 11.4 Å². The Morgan fingerprint density at radius 3 is 2.06 bits per heavy atom. The summed E-state index contributed by atoms with van der Waals surface area (Å²) in [5.41, 5.74) is 4.26. The zero-order valence-corrected chi connectivity index (χ0v) is 18.1. The largest absolute Gasteiger partial charge is 0.356 e. The molecule has 0 atom stereocenters. The van der Waals surface area contributed by atoms with Crippen molar-refractivity contribution in [1.29, 1.82) is 0 Å². The third kappa shape index (κ3) is 6.51. The van der Waals surface area contributed by atoms with Crippen molar-refractivity contribution >= 4 is 17.3 Å². The number of carbonyl (C=O) groups excluding carboxylic acids is 1. The highest BCUT2D eigenvalue weighted by Gasteiger charge is 2.18. The minimum Gasteiger partial charge on any atom is -0.356 e. The van der Waals surface area contributed by atoms with E-state index in [-0.39, 0.29) is 19.0 Å². The van der Waals surface area contributed by atoms with Gasteiger partial charge in [-0.25, -0.2) is 5.06 Å². The van der Waals surface area contributed by atoms with Gasteiger partial charge in [-0.3, -0.25) is 19.8 Å². The van der Waals surface area contributed by atoms with E-state index in [9.17, 15) is 10.0 Å². The molecule has 0 bridgehead atoms. The second-order valence-electron chi connectivity index (χ2n) is 8.48. The predicted molar refractivity (Wildman–Crippen MR) is 122 cm³/mol. The fourth-order valence-electron chi connectivity index (χ4n) is 4.16. The number of anilines is 2. The van der Waals surface area contributed by atoms with E-state index in [1.807, 2.05) is 24.3 Å². The maximum atomic E-state index is 12.3. The molecule has 2 aromatic carbocycles. The summed E-state index contributed by atoms with van der Waals surface area (Å²) < 4.78 is 0. The molecule has 1 amide bonds. The SMILES string of the molecule is O=C(CN1CCNCC1)N(O)Cc1ccc(Nc2ccc(CN3CCCC3)cc2)cc1. The molecule has 0 aromatic heterocycles. The Labute approximate surface area is 184 Å². The van der Waals surface area contributed by atoms with Crippen LogP contribution in [0.1, 0.15) is 24.0 Å². The topological polar surface area (TPSA) is 71.1 Å². The van der Waals surface area contributed by atoms with E-state index in [0.29, 0.717) is 0 Å². The van der Waals surface area contributed by atoms with E-state index in [2.05, 4.69) is 44.7 Å². The molecule has 0 unspecified atom stereocenters. The van der Waals surface area contributed by atoms with E-state index in [1.54, 1.807) is 0 Å². The number of amides is 1. The number of nitrogens with one attached hydrogen (secondary N) is 2. The zero-order chi connectivity index (χ0) is 21.5. The maximum absolute atomic E-state index is 12.3. The summed E-state index contributed by atoms with van der Waals surface area (Å²) in [4.78, 5) is 16.8. The molecule has 2 aliphatic heterocycles. The molecule has 2 saturated heterocycles. The Morgan fingerprint density at radius 2 is 1.45 bits per heavy atom. The van der Waals surface area contributed by atoms with E-state index in [0.717, 1.165) is 54.7 Å². The van der Waals surface area contributed by atoms with Crippen molar-refractivity contribution in [3.63, 3.8) is 0 Å². The predicted octanol–water partition coefficient (Wildman–Crippen LogP) is 2.65. The molecular weight excluding hydrogens is 390 g/mol. The molecule has 7 nitrogen and oxygen atoms in total. The normalized spacial score (nSPS) is 17.6. The van der Waals surface area contributed by atoms with Crippen LogP contribution in [-0.2, 0) is 17.9 Å². The van der Waals surface area contributed by atoms with Gasteiger partial charge >= 0.3 is 0 Å². The van der Waals surface area contributed by atoms with Gasteiger partial charge in [0, 0.05) is 44.1 Å². The second-order valence-corrected chi connectivity index (χ2v) is 8.48. The zero-order valence-electron chi connectivity index (χ0n) is 18.1. The van der Waals surface area contributed by atoms with E-state index < -0.39 is 0 Å². The molecule has 2 fully saturated rings. The number of carbonyl (C=O) groups is 1. The number of nitrogens with zero attached hydrogens (tertiary/aromatic N) is 3. The second kappa shape index (κ2) is 10.7. The number of hydrogen-bond donors (Lipinski definition) is 3. The van der Waals surface area contributed by atoms with Crippen LogP contribution in [0.2, 0.25) is 0 Å². The van der Waals surface area contributed by atoms with Crippen LogP contribution >= 0.6 is 0 Å². The van der Waals surface area contributed by atoms with E-state index in [4.69, 9.17) is 0 Å². The van der Waals surface area contributed by atoms with Gasteiger partial charge in [-0.05, 0) is 61.3 Å². The van der Waals surface area contributed by atoms with Crippen LogP contribution in [0, 0.1) is 0 Å². The summed E-state index contributed by atoms with van der Waals surface area (Å²) in [5.74, 6) is -0.266. The van der Waals surface area contributed by atoms with Crippen LogP contribution in [0.25, 0.3) is 0 Å². The summed E-state index contributed by atoms with van der Waals surface area (Å²) in [5, 5.41) is 17.7. The van der Waals surface area contributed by atoms with Gasteiger partial charge in [-0.2, -0.15) is 0 Å². The van der Waals surface area contributed by atoms with Gasteiger partial charge in [0.05, 0.1) is 13.1 Å². The summed E-state index contributed by atoms with van der Waals surface area (Å²) >= 11 is 0. The lowest BCUT2D eigenvalue weighted by molar-refractivity contribution is -0.169.